The molecule has 1 aromatic rings. The summed E-state index contributed by atoms with van der Waals surface area (Å²) in [7, 11) is -3.16. The second-order valence-corrected chi connectivity index (χ2v) is 8.12. The van der Waals surface area contributed by atoms with E-state index in [0.29, 0.717) is 26.2 Å². The summed E-state index contributed by atoms with van der Waals surface area (Å²) in [6, 6.07) is 4.02. The summed E-state index contributed by atoms with van der Waals surface area (Å²) in [5, 5.41) is 0. The molecule has 0 aliphatic carbocycles. The number of carbonyl (C=O) groups is 1. The van der Waals surface area contributed by atoms with Crippen molar-refractivity contribution in [3.05, 3.63) is 34.4 Å². The molecule has 1 aliphatic rings. The van der Waals surface area contributed by atoms with Gasteiger partial charge in [0.2, 0.25) is 10.0 Å². The minimum absolute atomic E-state index is 0.00328. The highest BCUT2D eigenvalue weighted by Crippen LogP contribution is 2.20. The number of amides is 1. The van der Waals surface area contributed by atoms with E-state index in [9.17, 15) is 13.2 Å². The van der Waals surface area contributed by atoms with Crippen LogP contribution in [0.3, 0.4) is 0 Å². The maximum Gasteiger partial charge on any atom is 0.254 e. The predicted octanol–water partition coefficient (Wildman–Crippen LogP) is 1.72. The van der Waals surface area contributed by atoms with E-state index in [-0.39, 0.29) is 11.7 Å². The number of piperazine rings is 1. The molecule has 1 fully saturated rings. The minimum atomic E-state index is -3.16. The van der Waals surface area contributed by atoms with Crippen LogP contribution >= 0.6 is 0 Å². The van der Waals surface area contributed by atoms with Crippen molar-refractivity contribution >= 4 is 15.9 Å². The quantitative estimate of drug-likeness (QED) is 0.850. The van der Waals surface area contributed by atoms with Crippen molar-refractivity contribution in [3.63, 3.8) is 0 Å². The van der Waals surface area contributed by atoms with E-state index in [1.165, 1.54) is 4.31 Å². The van der Waals surface area contributed by atoms with Gasteiger partial charge in [0.1, 0.15) is 0 Å². The van der Waals surface area contributed by atoms with Crippen LogP contribution in [0.25, 0.3) is 0 Å². The van der Waals surface area contributed by atoms with Crippen LogP contribution < -0.4 is 0 Å². The Morgan fingerprint density at radius 3 is 2.00 bits per heavy atom. The summed E-state index contributed by atoms with van der Waals surface area (Å²) in [5.41, 5.74) is 3.85. The Hall–Kier alpha value is -1.40. The first-order valence-electron chi connectivity index (χ1n) is 7.61. The van der Waals surface area contributed by atoms with E-state index in [2.05, 4.69) is 0 Å². The van der Waals surface area contributed by atoms with Crippen LogP contribution in [0.15, 0.2) is 12.1 Å². The zero-order valence-electron chi connectivity index (χ0n) is 13.7. The Labute approximate surface area is 133 Å². The van der Waals surface area contributed by atoms with E-state index in [4.69, 9.17) is 0 Å². The second kappa shape index (κ2) is 6.38. The van der Waals surface area contributed by atoms with Crippen LogP contribution in [0.1, 0.15) is 34.0 Å². The average Bonchev–Trinajstić information content (AvgIpc) is 2.46. The summed E-state index contributed by atoms with van der Waals surface area (Å²) in [6.45, 7) is 9.22. The first-order chi connectivity index (χ1) is 10.3. The summed E-state index contributed by atoms with van der Waals surface area (Å²) < 4.78 is 25.2. The lowest BCUT2D eigenvalue weighted by Gasteiger charge is -2.34. The summed E-state index contributed by atoms with van der Waals surface area (Å²) in [5.74, 6) is 0.112. The van der Waals surface area contributed by atoms with E-state index in [1.807, 2.05) is 32.9 Å². The van der Waals surface area contributed by atoms with E-state index >= 15 is 0 Å². The van der Waals surface area contributed by atoms with Crippen LogP contribution in [-0.4, -0.2) is 55.5 Å². The summed E-state index contributed by atoms with van der Waals surface area (Å²) in [4.78, 5) is 14.5. The van der Waals surface area contributed by atoms with Gasteiger partial charge in [-0.1, -0.05) is 17.7 Å². The van der Waals surface area contributed by atoms with Gasteiger partial charge in [-0.15, -0.1) is 0 Å². The SMILES string of the molecule is CCS(=O)(=O)N1CCN(C(=O)c2c(C)cc(C)cc2C)CC1. The normalized spacial score (nSPS) is 16.8. The Kier molecular flexibility index (Phi) is 4.92. The molecule has 0 saturated carbocycles. The maximum atomic E-state index is 12.7. The maximum absolute atomic E-state index is 12.7. The largest absolute Gasteiger partial charge is 0.336 e. The molecular formula is C16H24N2O3S. The first-order valence-corrected chi connectivity index (χ1v) is 9.22. The predicted molar refractivity (Wildman–Crippen MR) is 87.6 cm³/mol. The van der Waals surface area contributed by atoms with Crippen molar-refractivity contribution < 1.29 is 13.2 Å². The van der Waals surface area contributed by atoms with Gasteiger partial charge in [0, 0.05) is 31.7 Å². The van der Waals surface area contributed by atoms with Crippen molar-refractivity contribution in [3.8, 4) is 0 Å². The molecule has 0 spiro atoms. The van der Waals surface area contributed by atoms with Gasteiger partial charge in [0.25, 0.3) is 5.91 Å². The fraction of sp³-hybridized carbons (Fsp3) is 0.562. The number of benzene rings is 1. The molecule has 0 atom stereocenters. The molecule has 0 unspecified atom stereocenters. The van der Waals surface area contributed by atoms with Crippen molar-refractivity contribution in [1.29, 1.82) is 0 Å². The minimum Gasteiger partial charge on any atom is -0.336 e. The number of hydrogen-bond donors (Lipinski definition) is 0. The van der Waals surface area contributed by atoms with Crippen LogP contribution in [0.2, 0.25) is 0 Å². The molecule has 1 heterocycles. The zero-order valence-corrected chi connectivity index (χ0v) is 14.5. The molecule has 2 rings (SSSR count). The Morgan fingerprint density at radius 1 is 1.05 bits per heavy atom. The Bertz CT molecular complexity index is 652. The molecule has 1 aromatic carbocycles. The molecule has 1 amide bonds. The van der Waals surface area contributed by atoms with Gasteiger partial charge in [0.15, 0.2) is 0 Å². The molecule has 22 heavy (non-hydrogen) atoms. The number of nitrogens with zero attached hydrogens (tertiary/aromatic N) is 2. The van der Waals surface area contributed by atoms with E-state index in [0.717, 1.165) is 22.3 Å². The Morgan fingerprint density at radius 2 is 1.55 bits per heavy atom. The van der Waals surface area contributed by atoms with E-state index < -0.39 is 10.0 Å². The van der Waals surface area contributed by atoms with E-state index in [1.54, 1.807) is 11.8 Å². The van der Waals surface area contributed by atoms with Crippen molar-refractivity contribution in [1.82, 2.24) is 9.21 Å². The van der Waals surface area contributed by atoms with Crippen LogP contribution in [-0.2, 0) is 10.0 Å². The van der Waals surface area contributed by atoms with Crippen LogP contribution in [0.5, 0.6) is 0 Å². The third kappa shape index (κ3) is 3.33. The third-order valence-corrected chi connectivity index (χ3v) is 6.06. The number of rotatable bonds is 3. The number of sulfonamides is 1. The van der Waals surface area contributed by atoms with Crippen molar-refractivity contribution in [2.75, 3.05) is 31.9 Å². The molecule has 0 radical (unpaired) electrons. The van der Waals surface area contributed by atoms with Crippen LogP contribution in [0, 0.1) is 20.8 Å². The van der Waals surface area contributed by atoms with Gasteiger partial charge in [-0.3, -0.25) is 4.79 Å². The topological polar surface area (TPSA) is 57.7 Å². The molecular weight excluding hydrogens is 300 g/mol. The highest BCUT2D eigenvalue weighted by atomic mass is 32.2. The molecule has 6 heteroatoms. The molecule has 1 aliphatic heterocycles. The fourth-order valence-electron chi connectivity index (χ4n) is 3.03. The molecule has 5 nitrogen and oxygen atoms in total. The summed E-state index contributed by atoms with van der Waals surface area (Å²) >= 11 is 0. The number of carbonyl (C=O) groups excluding carboxylic acids is 1. The van der Waals surface area contributed by atoms with Gasteiger partial charge in [-0.05, 0) is 38.8 Å². The molecule has 0 aromatic heterocycles. The number of hydrogen-bond acceptors (Lipinski definition) is 3. The van der Waals surface area contributed by atoms with Gasteiger partial charge in [-0.25, -0.2) is 8.42 Å². The van der Waals surface area contributed by atoms with Gasteiger partial charge in [-0.2, -0.15) is 4.31 Å². The molecule has 0 bridgehead atoms. The highest BCUT2D eigenvalue weighted by Gasteiger charge is 2.29. The standard InChI is InChI=1S/C16H24N2O3S/c1-5-22(20,21)18-8-6-17(7-9-18)16(19)15-13(3)10-12(2)11-14(15)4/h10-11H,5-9H2,1-4H3. The lowest BCUT2D eigenvalue weighted by atomic mass is 9.98. The van der Waals surface area contributed by atoms with Crippen molar-refractivity contribution in [2.24, 2.45) is 0 Å². The second-order valence-electron chi connectivity index (χ2n) is 5.87. The first kappa shape index (κ1) is 17.0. The molecule has 122 valence electrons. The monoisotopic (exact) mass is 324 g/mol. The van der Waals surface area contributed by atoms with Gasteiger partial charge in [0.05, 0.1) is 5.75 Å². The third-order valence-electron chi connectivity index (χ3n) is 4.17. The highest BCUT2D eigenvalue weighted by molar-refractivity contribution is 7.89. The lowest BCUT2D eigenvalue weighted by Crippen LogP contribution is -2.51. The fourth-order valence-corrected chi connectivity index (χ4v) is 4.11. The Balaban J connectivity index is 2.14. The van der Waals surface area contributed by atoms with Crippen molar-refractivity contribution in [2.45, 2.75) is 27.7 Å². The average molecular weight is 324 g/mol. The van der Waals surface area contributed by atoms with Gasteiger partial charge >= 0.3 is 0 Å². The smallest absolute Gasteiger partial charge is 0.254 e. The van der Waals surface area contributed by atoms with Crippen LogP contribution in [0.4, 0.5) is 0 Å². The molecule has 1 saturated heterocycles. The molecule has 0 N–H and O–H groups in total. The number of aryl methyl sites for hydroxylation is 3. The summed E-state index contributed by atoms with van der Waals surface area (Å²) in [6.07, 6.45) is 0. The zero-order chi connectivity index (χ0) is 16.5. The lowest BCUT2D eigenvalue weighted by molar-refractivity contribution is 0.0696. The van der Waals surface area contributed by atoms with Gasteiger partial charge < -0.3 is 4.90 Å².